The fraction of sp³-hybridized carbons (Fsp3) is 0.448. The Hall–Kier alpha value is -3.68. The van der Waals surface area contributed by atoms with Gasteiger partial charge in [-0.15, -0.1) is 0 Å². The van der Waals surface area contributed by atoms with E-state index in [0.29, 0.717) is 30.6 Å². The van der Waals surface area contributed by atoms with Gasteiger partial charge in [0, 0.05) is 47.9 Å². The monoisotopic (exact) mass is 501 g/mol. The summed E-state index contributed by atoms with van der Waals surface area (Å²) in [5.41, 5.74) is 4.26. The second-order valence-electron chi connectivity index (χ2n) is 11.3. The molecule has 0 atom stereocenters. The lowest BCUT2D eigenvalue weighted by Gasteiger charge is -2.43. The van der Waals surface area contributed by atoms with Crippen LogP contribution in [-0.4, -0.2) is 62.7 Å². The number of carbonyl (C=O) groups excluding carboxylic acids is 1. The third-order valence-corrected chi connectivity index (χ3v) is 7.33. The van der Waals surface area contributed by atoms with Gasteiger partial charge in [0.05, 0.1) is 5.52 Å². The summed E-state index contributed by atoms with van der Waals surface area (Å²) in [7, 11) is 0. The highest BCUT2D eigenvalue weighted by atomic mass is 16.4. The Labute approximate surface area is 217 Å². The SMILES string of the molecule is Cc1ccc(C(=O)NC2CC2)cc1-c1ccc2nc(N3CCC(N(C(=O)O)C(C)(C)C)CC3)ncc2c1. The van der Waals surface area contributed by atoms with E-state index < -0.39 is 11.6 Å². The summed E-state index contributed by atoms with van der Waals surface area (Å²) < 4.78 is 0. The highest BCUT2D eigenvalue weighted by Gasteiger charge is 2.35. The molecule has 2 N–H and O–H groups in total. The summed E-state index contributed by atoms with van der Waals surface area (Å²) in [4.78, 5) is 37.6. The largest absolute Gasteiger partial charge is 0.465 e. The molecule has 1 aliphatic carbocycles. The summed E-state index contributed by atoms with van der Waals surface area (Å²) >= 11 is 0. The number of anilines is 1. The van der Waals surface area contributed by atoms with Crippen LogP contribution in [-0.2, 0) is 0 Å². The molecule has 0 bridgehead atoms. The summed E-state index contributed by atoms with van der Waals surface area (Å²) in [5.74, 6) is 0.654. The van der Waals surface area contributed by atoms with Gasteiger partial charge < -0.3 is 20.2 Å². The van der Waals surface area contributed by atoms with Gasteiger partial charge in [-0.05, 0) is 94.3 Å². The molecule has 0 spiro atoms. The van der Waals surface area contributed by atoms with Gasteiger partial charge in [0.25, 0.3) is 5.91 Å². The van der Waals surface area contributed by atoms with Crippen LogP contribution >= 0.6 is 0 Å². The van der Waals surface area contributed by atoms with Gasteiger partial charge in [-0.3, -0.25) is 4.79 Å². The molecular formula is C29H35N5O3. The summed E-state index contributed by atoms with van der Waals surface area (Å²) in [6.07, 6.45) is 4.60. The molecule has 2 amide bonds. The van der Waals surface area contributed by atoms with E-state index in [0.717, 1.165) is 53.3 Å². The van der Waals surface area contributed by atoms with Crippen LogP contribution in [0, 0.1) is 6.92 Å². The standard InChI is InChI=1S/C29H35N5O3/c1-18-5-6-20(26(35)31-22-8-9-22)16-24(18)19-7-10-25-21(15-19)17-30-27(32-25)33-13-11-23(12-14-33)34(28(36)37)29(2,3)4/h5-7,10,15-17,22-23H,8-9,11-14H2,1-4H3,(H,31,35)(H,36,37). The van der Waals surface area contributed by atoms with E-state index in [4.69, 9.17) is 4.98 Å². The summed E-state index contributed by atoms with van der Waals surface area (Å²) in [6.45, 7) is 9.29. The third kappa shape index (κ3) is 5.38. The molecule has 2 aliphatic rings. The number of hydrogen-bond acceptors (Lipinski definition) is 5. The Morgan fingerprint density at radius 3 is 2.43 bits per heavy atom. The van der Waals surface area contributed by atoms with Gasteiger partial charge in [-0.25, -0.2) is 14.8 Å². The van der Waals surface area contributed by atoms with Crippen LogP contribution in [0.5, 0.6) is 0 Å². The van der Waals surface area contributed by atoms with Crippen molar-refractivity contribution in [2.45, 2.75) is 71.0 Å². The first-order valence-corrected chi connectivity index (χ1v) is 13.1. The van der Waals surface area contributed by atoms with E-state index in [9.17, 15) is 14.7 Å². The number of hydrogen-bond donors (Lipinski definition) is 2. The van der Waals surface area contributed by atoms with Crippen LogP contribution in [0.15, 0.2) is 42.6 Å². The number of benzene rings is 2. The number of piperidine rings is 1. The van der Waals surface area contributed by atoms with Crippen LogP contribution in [0.25, 0.3) is 22.0 Å². The van der Waals surface area contributed by atoms with Crippen molar-refractivity contribution in [1.82, 2.24) is 20.2 Å². The fourth-order valence-electron chi connectivity index (χ4n) is 5.23. The molecule has 1 aromatic heterocycles. The van der Waals surface area contributed by atoms with Gasteiger partial charge in [0.1, 0.15) is 0 Å². The highest BCUT2D eigenvalue weighted by molar-refractivity contribution is 5.96. The smallest absolute Gasteiger partial charge is 0.407 e. The van der Waals surface area contributed by atoms with Crippen molar-refractivity contribution < 1.29 is 14.7 Å². The molecule has 194 valence electrons. The van der Waals surface area contributed by atoms with Crippen molar-refractivity contribution in [3.63, 3.8) is 0 Å². The summed E-state index contributed by atoms with van der Waals surface area (Å²) in [6, 6.07) is 12.3. The molecule has 2 heterocycles. The quantitative estimate of drug-likeness (QED) is 0.496. The van der Waals surface area contributed by atoms with Gasteiger partial charge in [0.15, 0.2) is 0 Å². The second kappa shape index (κ2) is 9.65. The molecule has 8 nitrogen and oxygen atoms in total. The zero-order valence-corrected chi connectivity index (χ0v) is 22.0. The Kier molecular flexibility index (Phi) is 6.52. The van der Waals surface area contributed by atoms with E-state index >= 15 is 0 Å². The van der Waals surface area contributed by atoms with E-state index in [2.05, 4.69) is 28.2 Å². The van der Waals surface area contributed by atoms with Gasteiger partial charge >= 0.3 is 6.09 Å². The molecular weight excluding hydrogens is 466 g/mol. The molecule has 1 aliphatic heterocycles. The van der Waals surface area contributed by atoms with Crippen LogP contribution in [0.2, 0.25) is 0 Å². The lowest BCUT2D eigenvalue weighted by molar-refractivity contribution is 0.0615. The first-order chi connectivity index (χ1) is 17.6. The Morgan fingerprint density at radius 2 is 1.78 bits per heavy atom. The van der Waals surface area contributed by atoms with Crippen molar-refractivity contribution >= 4 is 28.9 Å². The molecule has 37 heavy (non-hydrogen) atoms. The number of fused-ring (bicyclic) bond motifs is 1. The van der Waals surface area contributed by atoms with Crippen molar-refractivity contribution in [2.75, 3.05) is 18.0 Å². The maximum Gasteiger partial charge on any atom is 0.407 e. The topological polar surface area (TPSA) is 98.7 Å². The van der Waals surface area contributed by atoms with E-state index in [1.54, 1.807) is 4.90 Å². The van der Waals surface area contributed by atoms with E-state index in [1.807, 2.05) is 57.3 Å². The van der Waals surface area contributed by atoms with E-state index in [1.165, 1.54) is 0 Å². The predicted molar refractivity (Wildman–Crippen MR) is 145 cm³/mol. The number of amides is 2. The number of carboxylic acid groups (broad SMARTS) is 1. The first-order valence-electron chi connectivity index (χ1n) is 13.1. The predicted octanol–water partition coefficient (Wildman–Crippen LogP) is 5.24. The minimum atomic E-state index is -0.868. The molecule has 1 saturated carbocycles. The number of nitrogens with zero attached hydrogens (tertiary/aromatic N) is 4. The average Bonchev–Trinajstić information content (AvgIpc) is 3.67. The maximum absolute atomic E-state index is 12.6. The number of nitrogens with one attached hydrogen (secondary N) is 1. The molecule has 0 radical (unpaired) electrons. The van der Waals surface area contributed by atoms with Crippen molar-refractivity contribution in [1.29, 1.82) is 0 Å². The van der Waals surface area contributed by atoms with Gasteiger partial charge in [-0.2, -0.15) is 0 Å². The van der Waals surface area contributed by atoms with Crippen molar-refractivity contribution in [3.8, 4) is 11.1 Å². The van der Waals surface area contributed by atoms with Crippen molar-refractivity contribution in [3.05, 3.63) is 53.7 Å². The van der Waals surface area contributed by atoms with Gasteiger partial charge in [0.2, 0.25) is 5.95 Å². The van der Waals surface area contributed by atoms with Crippen LogP contribution in [0.3, 0.4) is 0 Å². The zero-order chi connectivity index (χ0) is 26.3. The van der Waals surface area contributed by atoms with Crippen LogP contribution in [0.1, 0.15) is 62.4 Å². The van der Waals surface area contributed by atoms with Crippen molar-refractivity contribution in [2.24, 2.45) is 0 Å². The number of aryl methyl sites for hydroxylation is 1. The molecule has 3 aromatic rings. The molecule has 2 fully saturated rings. The molecule has 0 unspecified atom stereocenters. The lowest BCUT2D eigenvalue weighted by Crippen LogP contribution is -2.54. The second-order valence-corrected chi connectivity index (χ2v) is 11.3. The summed E-state index contributed by atoms with van der Waals surface area (Å²) in [5, 5.41) is 13.7. The highest BCUT2D eigenvalue weighted by Crippen LogP contribution is 2.30. The van der Waals surface area contributed by atoms with Crippen LogP contribution in [0.4, 0.5) is 10.7 Å². The fourth-order valence-corrected chi connectivity index (χ4v) is 5.23. The minimum Gasteiger partial charge on any atom is -0.465 e. The first kappa shape index (κ1) is 25.0. The Morgan fingerprint density at radius 1 is 1.05 bits per heavy atom. The average molecular weight is 502 g/mol. The Balaban J connectivity index is 1.33. The normalized spacial score (nSPS) is 16.6. The minimum absolute atomic E-state index is 0.0119. The molecule has 2 aromatic carbocycles. The lowest BCUT2D eigenvalue weighted by atomic mass is 9.96. The molecule has 1 saturated heterocycles. The zero-order valence-electron chi connectivity index (χ0n) is 22.0. The van der Waals surface area contributed by atoms with Crippen LogP contribution < -0.4 is 10.2 Å². The van der Waals surface area contributed by atoms with E-state index in [-0.39, 0.29) is 11.9 Å². The maximum atomic E-state index is 12.6. The van der Waals surface area contributed by atoms with Gasteiger partial charge in [-0.1, -0.05) is 12.1 Å². The number of aromatic nitrogens is 2. The number of carbonyl (C=O) groups is 2. The Bertz CT molecular complexity index is 1340. The molecule has 5 rings (SSSR count). The molecule has 8 heteroatoms. The number of rotatable bonds is 5. The third-order valence-electron chi connectivity index (χ3n) is 7.33.